The highest BCUT2D eigenvalue weighted by atomic mass is 16.5. The molecule has 0 aromatic heterocycles. The molecule has 1 aliphatic carbocycles. The Morgan fingerprint density at radius 2 is 1.67 bits per heavy atom. The summed E-state index contributed by atoms with van der Waals surface area (Å²) >= 11 is 0. The second-order valence-electron chi connectivity index (χ2n) is 7.04. The van der Waals surface area contributed by atoms with Crippen molar-refractivity contribution in [3.63, 3.8) is 0 Å². The van der Waals surface area contributed by atoms with E-state index in [0.29, 0.717) is 13.2 Å². The van der Waals surface area contributed by atoms with E-state index in [0.717, 1.165) is 53.3 Å². The quantitative estimate of drug-likeness (QED) is 0.521. The first-order chi connectivity index (χ1) is 13.1. The van der Waals surface area contributed by atoms with Gasteiger partial charge >= 0.3 is 0 Å². The number of hydrogen-bond donors (Lipinski definition) is 0. The van der Waals surface area contributed by atoms with Gasteiger partial charge in [0.1, 0.15) is 18.1 Å². The van der Waals surface area contributed by atoms with Crippen molar-refractivity contribution in [1.82, 2.24) is 0 Å². The van der Waals surface area contributed by atoms with Crippen LogP contribution in [0.15, 0.2) is 35.3 Å². The Morgan fingerprint density at radius 1 is 0.926 bits per heavy atom. The highest BCUT2D eigenvalue weighted by Gasteiger charge is 2.16. The van der Waals surface area contributed by atoms with Gasteiger partial charge in [-0.25, -0.2) is 0 Å². The largest absolute Gasteiger partial charge is 0.496 e. The van der Waals surface area contributed by atoms with E-state index in [1.54, 1.807) is 14.2 Å². The fourth-order valence-corrected chi connectivity index (χ4v) is 3.70. The summed E-state index contributed by atoms with van der Waals surface area (Å²) in [5.41, 5.74) is 6.92. The maximum absolute atomic E-state index is 5.82. The number of hydrogen-bond acceptors (Lipinski definition) is 4. The number of aryl methyl sites for hydroxylation is 3. The van der Waals surface area contributed by atoms with Crippen molar-refractivity contribution in [1.29, 1.82) is 0 Å². The van der Waals surface area contributed by atoms with Crippen molar-refractivity contribution in [2.24, 2.45) is 4.99 Å². The zero-order valence-corrected chi connectivity index (χ0v) is 16.8. The van der Waals surface area contributed by atoms with E-state index in [-0.39, 0.29) is 0 Å². The molecular weight excluding hydrogens is 338 g/mol. The van der Waals surface area contributed by atoms with Crippen LogP contribution in [0.4, 0.5) is 5.69 Å². The van der Waals surface area contributed by atoms with E-state index in [9.17, 15) is 0 Å². The van der Waals surface area contributed by atoms with Crippen LogP contribution in [0.2, 0.25) is 0 Å². The molecule has 4 heteroatoms. The Balaban J connectivity index is 1.96. The molecular formula is C23H29NO3. The van der Waals surface area contributed by atoms with Crippen LogP contribution >= 0.6 is 0 Å². The highest BCUT2D eigenvalue weighted by Crippen LogP contribution is 2.31. The molecule has 0 unspecified atom stereocenters. The summed E-state index contributed by atoms with van der Waals surface area (Å²) in [4.78, 5) is 5.03. The van der Waals surface area contributed by atoms with Gasteiger partial charge in [0.15, 0.2) is 0 Å². The molecule has 0 atom stereocenters. The van der Waals surface area contributed by atoms with Gasteiger partial charge in [0.05, 0.1) is 19.4 Å². The van der Waals surface area contributed by atoms with Crippen molar-refractivity contribution in [3.05, 3.63) is 52.6 Å². The number of fused-ring (bicyclic) bond motifs is 1. The molecule has 27 heavy (non-hydrogen) atoms. The normalized spacial score (nSPS) is 15.3. The standard InChI is InChI=1S/C23H29NO3/c1-16-13-19(14-17(2)23(16)26-4)24-22-8-6-5-7-18-9-10-20(15-21(18)22)27-12-11-25-3/h9-10,13-15H,5-8,11-12H2,1-4H3. The van der Waals surface area contributed by atoms with E-state index in [2.05, 4.69) is 44.2 Å². The van der Waals surface area contributed by atoms with Crippen molar-refractivity contribution >= 4 is 11.4 Å². The van der Waals surface area contributed by atoms with E-state index < -0.39 is 0 Å². The average molecular weight is 367 g/mol. The second-order valence-corrected chi connectivity index (χ2v) is 7.04. The minimum absolute atomic E-state index is 0.554. The van der Waals surface area contributed by atoms with Gasteiger partial charge in [0, 0.05) is 18.4 Å². The third kappa shape index (κ3) is 4.69. The van der Waals surface area contributed by atoms with Crippen LogP contribution in [-0.4, -0.2) is 33.1 Å². The predicted molar refractivity (Wildman–Crippen MR) is 110 cm³/mol. The molecule has 3 rings (SSSR count). The zero-order valence-electron chi connectivity index (χ0n) is 16.8. The SMILES string of the molecule is COCCOc1ccc2c(c1)C(=Nc1cc(C)c(OC)c(C)c1)CCCC2. The fraction of sp³-hybridized carbons (Fsp3) is 0.435. The van der Waals surface area contributed by atoms with Gasteiger partial charge in [0.2, 0.25) is 0 Å². The molecule has 2 aromatic rings. The minimum atomic E-state index is 0.554. The lowest BCUT2D eigenvalue weighted by molar-refractivity contribution is 0.146. The highest BCUT2D eigenvalue weighted by molar-refractivity contribution is 6.03. The van der Waals surface area contributed by atoms with Crippen LogP contribution in [-0.2, 0) is 11.2 Å². The van der Waals surface area contributed by atoms with Crippen molar-refractivity contribution < 1.29 is 14.2 Å². The molecule has 0 saturated carbocycles. The van der Waals surface area contributed by atoms with Gasteiger partial charge in [-0.1, -0.05) is 6.07 Å². The number of nitrogens with zero attached hydrogens (tertiary/aromatic N) is 1. The Kier molecular flexibility index (Phi) is 6.51. The van der Waals surface area contributed by atoms with E-state index in [1.165, 1.54) is 17.5 Å². The lowest BCUT2D eigenvalue weighted by Gasteiger charge is -2.13. The van der Waals surface area contributed by atoms with Crippen molar-refractivity contribution in [2.45, 2.75) is 39.5 Å². The molecule has 0 fully saturated rings. The zero-order chi connectivity index (χ0) is 19.2. The summed E-state index contributed by atoms with van der Waals surface area (Å²) < 4.78 is 16.4. The van der Waals surface area contributed by atoms with E-state index >= 15 is 0 Å². The van der Waals surface area contributed by atoms with Gasteiger partial charge < -0.3 is 14.2 Å². The lowest BCUT2D eigenvalue weighted by atomic mass is 10.0. The molecule has 0 aliphatic heterocycles. The predicted octanol–water partition coefficient (Wildman–Crippen LogP) is 5.18. The molecule has 0 bridgehead atoms. The van der Waals surface area contributed by atoms with Crippen LogP contribution in [0.1, 0.15) is 41.5 Å². The molecule has 0 heterocycles. The first-order valence-electron chi connectivity index (χ1n) is 9.60. The number of methoxy groups -OCH3 is 2. The summed E-state index contributed by atoms with van der Waals surface area (Å²) in [5.74, 6) is 1.82. The number of rotatable bonds is 6. The molecule has 0 spiro atoms. The fourth-order valence-electron chi connectivity index (χ4n) is 3.70. The first kappa shape index (κ1) is 19.4. The monoisotopic (exact) mass is 367 g/mol. The van der Waals surface area contributed by atoms with Gasteiger partial charge in [-0.2, -0.15) is 0 Å². The third-order valence-electron chi connectivity index (χ3n) is 4.97. The van der Waals surface area contributed by atoms with Crippen molar-refractivity contribution in [3.8, 4) is 11.5 Å². The Labute approximate surface area is 162 Å². The third-order valence-corrected chi connectivity index (χ3v) is 4.97. The summed E-state index contributed by atoms with van der Waals surface area (Å²) in [7, 11) is 3.40. The molecule has 0 saturated heterocycles. The maximum atomic E-state index is 5.82. The summed E-state index contributed by atoms with van der Waals surface area (Å²) in [6.07, 6.45) is 4.42. The Bertz CT molecular complexity index is 803. The minimum Gasteiger partial charge on any atom is -0.496 e. The van der Waals surface area contributed by atoms with Crippen LogP contribution in [0.25, 0.3) is 0 Å². The number of ether oxygens (including phenoxy) is 3. The smallest absolute Gasteiger partial charge is 0.124 e. The van der Waals surface area contributed by atoms with E-state index in [4.69, 9.17) is 19.2 Å². The van der Waals surface area contributed by atoms with Crippen molar-refractivity contribution in [2.75, 3.05) is 27.4 Å². The summed E-state index contributed by atoms with van der Waals surface area (Å²) in [6, 6.07) is 10.6. The van der Waals surface area contributed by atoms with Gasteiger partial charge in [-0.05, 0) is 80.5 Å². The second kappa shape index (κ2) is 9.05. The van der Waals surface area contributed by atoms with Crippen LogP contribution in [0.5, 0.6) is 11.5 Å². The Morgan fingerprint density at radius 3 is 2.37 bits per heavy atom. The molecule has 0 radical (unpaired) electrons. The van der Waals surface area contributed by atoms with Gasteiger partial charge in [0.25, 0.3) is 0 Å². The molecule has 0 amide bonds. The van der Waals surface area contributed by atoms with E-state index in [1.807, 2.05) is 0 Å². The van der Waals surface area contributed by atoms with Crippen LogP contribution in [0.3, 0.4) is 0 Å². The number of benzene rings is 2. The topological polar surface area (TPSA) is 40.0 Å². The average Bonchev–Trinajstić information content (AvgIpc) is 2.84. The van der Waals surface area contributed by atoms with Crippen LogP contribution < -0.4 is 9.47 Å². The van der Waals surface area contributed by atoms with Crippen LogP contribution in [0, 0.1) is 13.8 Å². The summed E-state index contributed by atoms with van der Waals surface area (Å²) in [5, 5.41) is 0. The van der Waals surface area contributed by atoms with Gasteiger partial charge in [-0.3, -0.25) is 4.99 Å². The molecule has 0 N–H and O–H groups in total. The molecule has 144 valence electrons. The maximum Gasteiger partial charge on any atom is 0.124 e. The molecule has 1 aliphatic rings. The molecule has 2 aromatic carbocycles. The summed E-state index contributed by atoms with van der Waals surface area (Å²) in [6.45, 7) is 5.28. The van der Waals surface area contributed by atoms with Gasteiger partial charge in [-0.15, -0.1) is 0 Å². The Hall–Kier alpha value is -2.33. The molecule has 4 nitrogen and oxygen atoms in total. The number of aliphatic imine (C=N–C) groups is 1. The first-order valence-corrected chi connectivity index (χ1v) is 9.60. The lowest BCUT2D eigenvalue weighted by Crippen LogP contribution is -2.07.